The Morgan fingerprint density at radius 1 is 1.21 bits per heavy atom. The Balaban J connectivity index is 2.27. The number of benzene rings is 1. The molecule has 1 saturated heterocycles. The van der Waals surface area contributed by atoms with Crippen molar-refractivity contribution in [2.75, 3.05) is 13.1 Å². The van der Waals surface area contributed by atoms with Gasteiger partial charge in [0.25, 0.3) is 0 Å². The molecule has 1 aromatic carbocycles. The number of amides is 1. The number of hydrogen-bond acceptors (Lipinski definition) is 3. The minimum atomic E-state index is -3.73. The Bertz CT molecular complexity index is 692. The molecule has 0 spiro atoms. The van der Waals surface area contributed by atoms with E-state index in [1.54, 1.807) is 24.0 Å². The van der Waals surface area contributed by atoms with Gasteiger partial charge in [0.1, 0.15) is 6.04 Å². The van der Waals surface area contributed by atoms with Crippen LogP contribution in [-0.4, -0.2) is 38.4 Å². The van der Waals surface area contributed by atoms with Crippen LogP contribution in [0.4, 0.5) is 0 Å². The average Bonchev–Trinajstić information content (AvgIpc) is 3.01. The zero-order valence-electron chi connectivity index (χ0n) is 15.0. The van der Waals surface area contributed by atoms with Crippen molar-refractivity contribution in [2.45, 2.75) is 57.9 Å². The molecular weight excluding hydrogens is 324 g/mol. The number of rotatable bonds is 6. The highest BCUT2D eigenvalue weighted by atomic mass is 32.2. The van der Waals surface area contributed by atoms with Crippen molar-refractivity contribution < 1.29 is 13.2 Å². The van der Waals surface area contributed by atoms with Crippen molar-refractivity contribution >= 4 is 15.9 Å². The maximum absolute atomic E-state index is 12.8. The fraction of sp³-hybridized carbons (Fsp3) is 0.611. The molecular formula is C18H28N2O3S. The van der Waals surface area contributed by atoms with Gasteiger partial charge < -0.3 is 4.90 Å². The molecule has 0 aromatic heterocycles. The van der Waals surface area contributed by atoms with E-state index in [9.17, 15) is 13.2 Å². The molecule has 0 bridgehead atoms. The van der Waals surface area contributed by atoms with Crippen molar-refractivity contribution in [2.24, 2.45) is 5.92 Å². The Labute approximate surface area is 145 Å². The molecule has 1 atom stereocenters. The molecule has 0 unspecified atom stereocenters. The smallest absolute Gasteiger partial charge is 0.241 e. The number of nitrogens with one attached hydrogen (secondary N) is 1. The molecule has 134 valence electrons. The first kappa shape index (κ1) is 18.9. The van der Waals surface area contributed by atoms with Crippen molar-refractivity contribution in [1.82, 2.24) is 9.62 Å². The van der Waals surface area contributed by atoms with Crippen LogP contribution in [0.1, 0.15) is 44.2 Å². The zero-order valence-corrected chi connectivity index (χ0v) is 15.8. The second-order valence-electron chi connectivity index (χ2n) is 7.10. The summed E-state index contributed by atoms with van der Waals surface area (Å²) in [5.74, 6) is 0.123. The molecule has 1 N–H and O–H groups in total. The topological polar surface area (TPSA) is 66.5 Å². The van der Waals surface area contributed by atoms with Gasteiger partial charge in [-0.2, -0.15) is 4.72 Å². The summed E-state index contributed by atoms with van der Waals surface area (Å²) < 4.78 is 28.3. The van der Waals surface area contributed by atoms with Gasteiger partial charge in [0, 0.05) is 13.1 Å². The van der Waals surface area contributed by atoms with E-state index in [-0.39, 0.29) is 16.7 Å². The van der Waals surface area contributed by atoms with Crippen LogP contribution in [0.5, 0.6) is 0 Å². The van der Waals surface area contributed by atoms with Crippen LogP contribution in [0.15, 0.2) is 23.1 Å². The van der Waals surface area contributed by atoms with E-state index in [1.165, 1.54) is 0 Å². The van der Waals surface area contributed by atoms with Crippen LogP contribution in [0.25, 0.3) is 0 Å². The third kappa shape index (κ3) is 4.57. The summed E-state index contributed by atoms with van der Waals surface area (Å²) in [6.45, 7) is 9.07. The van der Waals surface area contributed by atoms with Crippen molar-refractivity contribution in [3.8, 4) is 0 Å². The first-order chi connectivity index (χ1) is 11.2. The summed E-state index contributed by atoms with van der Waals surface area (Å²) in [5.41, 5.74) is 1.57. The summed E-state index contributed by atoms with van der Waals surface area (Å²) >= 11 is 0. The molecule has 0 radical (unpaired) electrons. The van der Waals surface area contributed by atoms with Gasteiger partial charge in [-0.25, -0.2) is 8.42 Å². The first-order valence-corrected chi connectivity index (χ1v) is 10.1. The molecule has 5 nitrogen and oxygen atoms in total. The lowest BCUT2D eigenvalue weighted by atomic mass is 10.0. The summed E-state index contributed by atoms with van der Waals surface area (Å²) in [6, 6.07) is 4.64. The van der Waals surface area contributed by atoms with Crippen LogP contribution >= 0.6 is 0 Å². The molecule has 1 aromatic rings. The Morgan fingerprint density at radius 2 is 1.83 bits per heavy atom. The largest absolute Gasteiger partial charge is 0.341 e. The van der Waals surface area contributed by atoms with Gasteiger partial charge in [0.05, 0.1) is 4.90 Å². The van der Waals surface area contributed by atoms with Gasteiger partial charge in [-0.15, -0.1) is 0 Å². The van der Waals surface area contributed by atoms with E-state index in [4.69, 9.17) is 0 Å². The lowest BCUT2D eigenvalue weighted by Crippen LogP contribution is -2.48. The summed E-state index contributed by atoms with van der Waals surface area (Å²) in [4.78, 5) is 14.8. The van der Waals surface area contributed by atoms with Crippen LogP contribution < -0.4 is 4.72 Å². The number of likely N-dealkylation sites (tertiary alicyclic amines) is 1. The van der Waals surface area contributed by atoms with Crippen LogP contribution in [-0.2, 0) is 14.8 Å². The third-order valence-electron chi connectivity index (χ3n) is 4.35. The number of carbonyl (C=O) groups excluding carboxylic acids is 1. The molecule has 1 aliphatic rings. The normalized spacial score (nSPS) is 16.6. The lowest BCUT2D eigenvalue weighted by Gasteiger charge is -2.25. The molecule has 24 heavy (non-hydrogen) atoms. The lowest BCUT2D eigenvalue weighted by molar-refractivity contribution is -0.132. The second kappa shape index (κ2) is 7.66. The maximum Gasteiger partial charge on any atom is 0.241 e. The van der Waals surface area contributed by atoms with Crippen molar-refractivity contribution in [1.29, 1.82) is 0 Å². The molecule has 0 aliphatic carbocycles. The van der Waals surface area contributed by atoms with E-state index in [0.717, 1.165) is 31.5 Å². The minimum Gasteiger partial charge on any atom is -0.341 e. The van der Waals surface area contributed by atoms with Crippen molar-refractivity contribution in [3.63, 3.8) is 0 Å². The zero-order chi connectivity index (χ0) is 17.9. The highest BCUT2D eigenvalue weighted by Crippen LogP contribution is 2.20. The highest BCUT2D eigenvalue weighted by molar-refractivity contribution is 7.89. The van der Waals surface area contributed by atoms with Crippen LogP contribution in [0, 0.1) is 19.8 Å². The fourth-order valence-corrected chi connectivity index (χ4v) is 4.61. The van der Waals surface area contributed by atoms with Gasteiger partial charge in [-0.3, -0.25) is 4.79 Å². The summed E-state index contributed by atoms with van der Waals surface area (Å²) in [7, 11) is -3.73. The van der Waals surface area contributed by atoms with E-state index < -0.39 is 16.1 Å². The van der Waals surface area contributed by atoms with Crippen LogP contribution in [0.2, 0.25) is 0 Å². The Kier molecular flexibility index (Phi) is 6.04. The molecule has 0 saturated carbocycles. The molecule has 1 aliphatic heterocycles. The Hall–Kier alpha value is -1.40. The predicted molar refractivity (Wildman–Crippen MR) is 95.3 cm³/mol. The number of carbonyl (C=O) groups is 1. The average molecular weight is 353 g/mol. The van der Waals surface area contributed by atoms with E-state index in [0.29, 0.717) is 12.0 Å². The van der Waals surface area contributed by atoms with E-state index >= 15 is 0 Å². The fourth-order valence-electron chi connectivity index (χ4n) is 3.08. The summed E-state index contributed by atoms with van der Waals surface area (Å²) in [5, 5.41) is 0. The third-order valence-corrected chi connectivity index (χ3v) is 5.97. The van der Waals surface area contributed by atoms with Crippen LogP contribution in [0.3, 0.4) is 0 Å². The van der Waals surface area contributed by atoms with Gasteiger partial charge in [-0.1, -0.05) is 26.0 Å². The standard InChI is InChI=1S/C18H28N2O3S/c1-13(2)11-16(18(21)20-9-5-6-10-20)19-24(22,23)17-12-14(3)7-8-15(17)4/h7-8,12-13,16,19H,5-6,9-11H2,1-4H3/t16-/m0/s1. The van der Waals surface area contributed by atoms with E-state index in [1.807, 2.05) is 26.8 Å². The Morgan fingerprint density at radius 3 is 2.42 bits per heavy atom. The predicted octanol–water partition coefficient (Wildman–Crippen LogP) is 2.62. The number of nitrogens with zero attached hydrogens (tertiary/aromatic N) is 1. The van der Waals surface area contributed by atoms with Gasteiger partial charge in [-0.05, 0) is 56.2 Å². The van der Waals surface area contributed by atoms with Gasteiger partial charge in [0.15, 0.2) is 0 Å². The van der Waals surface area contributed by atoms with Gasteiger partial charge in [0.2, 0.25) is 15.9 Å². The van der Waals surface area contributed by atoms with Crippen molar-refractivity contribution in [3.05, 3.63) is 29.3 Å². The SMILES string of the molecule is Cc1ccc(C)c(S(=O)(=O)N[C@@H](CC(C)C)C(=O)N2CCCC2)c1. The highest BCUT2D eigenvalue weighted by Gasteiger charge is 2.31. The second-order valence-corrected chi connectivity index (χ2v) is 8.79. The minimum absolute atomic E-state index is 0.102. The maximum atomic E-state index is 12.8. The monoisotopic (exact) mass is 352 g/mol. The molecule has 1 heterocycles. The first-order valence-electron chi connectivity index (χ1n) is 8.59. The molecule has 1 amide bonds. The molecule has 2 rings (SSSR count). The number of aryl methyl sites for hydroxylation is 2. The molecule has 6 heteroatoms. The molecule has 1 fully saturated rings. The number of sulfonamides is 1. The number of hydrogen-bond donors (Lipinski definition) is 1. The van der Waals surface area contributed by atoms with E-state index in [2.05, 4.69) is 4.72 Å². The summed E-state index contributed by atoms with van der Waals surface area (Å²) in [6.07, 6.45) is 2.48. The van der Waals surface area contributed by atoms with Gasteiger partial charge >= 0.3 is 0 Å². The quantitative estimate of drug-likeness (QED) is 0.856.